The Morgan fingerprint density at radius 1 is 1.06 bits per heavy atom. The van der Waals surface area contributed by atoms with Crippen LogP contribution in [0.1, 0.15) is 42.0 Å². The van der Waals surface area contributed by atoms with E-state index in [0.29, 0.717) is 11.0 Å². The molecule has 3 amide bonds. The lowest BCUT2D eigenvalue weighted by molar-refractivity contribution is -0.129. The molecule has 1 aliphatic heterocycles. The zero-order chi connectivity index (χ0) is 34.1. The van der Waals surface area contributed by atoms with Crippen LogP contribution in [0.4, 0.5) is 10.7 Å². The number of aromatic amines is 1. The summed E-state index contributed by atoms with van der Waals surface area (Å²) in [6, 6.07) is 11.9. The molecule has 3 atom stereocenters. The van der Waals surface area contributed by atoms with Crippen molar-refractivity contribution in [2.75, 3.05) is 45.2 Å². The van der Waals surface area contributed by atoms with Gasteiger partial charge in [-0.15, -0.1) is 0 Å². The number of nitrogens with one attached hydrogen (secondary N) is 4. The van der Waals surface area contributed by atoms with Gasteiger partial charge in [0, 0.05) is 15.9 Å². The van der Waals surface area contributed by atoms with Gasteiger partial charge in [-0.1, -0.05) is 44.2 Å². The first-order chi connectivity index (χ1) is 22.3. The van der Waals surface area contributed by atoms with Crippen LogP contribution in [0.3, 0.4) is 0 Å². The zero-order valence-corrected chi connectivity index (χ0v) is 28.0. The standard InChI is InChI=1S/C32H45N7O7S.2H2/c1-21(2)18-39(47(44,45)24-12-13-25-26(17-24)36-31(35-25)37-32(43)46-4)19-28(40)27(16-23-10-6-5-7-11-23)34-30(42)22(3)33-29(41)20-38-14-8-9-15-38;;/h5-7,10-13,17,21-22,27-28,40H,8-9,14-16,18-20H2,1-4H3,(H,33,41)(H,34,42)(H2,35,36,37,43);2*1H/t22-,27-,28?;;/m0../s1. The molecule has 1 unspecified atom stereocenters. The number of imidazole rings is 1. The van der Waals surface area contributed by atoms with E-state index in [9.17, 15) is 27.9 Å². The van der Waals surface area contributed by atoms with E-state index in [1.54, 1.807) is 6.92 Å². The molecule has 15 heteroatoms. The number of amides is 3. The third kappa shape index (κ3) is 9.97. The summed E-state index contributed by atoms with van der Waals surface area (Å²) >= 11 is 0. The number of aromatic nitrogens is 2. The van der Waals surface area contributed by atoms with Crippen LogP contribution >= 0.6 is 0 Å². The minimum atomic E-state index is -4.14. The molecule has 5 N–H and O–H groups in total. The number of carbonyl (C=O) groups is 3. The summed E-state index contributed by atoms with van der Waals surface area (Å²) in [6.45, 7) is 7.02. The molecule has 3 aromatic rings. The van der Waals surface area contributed by atoms with Crippen molar-refractivity contribution in [2.45, 2.75) is 63.1 Å². The highest BCUT2D eigenvalue weighted by Gasteiger charge is 2.32. The summed E-state index contributed by atoms with van der Waals surface area (Å²) in [5.74, 6) is -0.737. The number of rotatable bonds is 15. The van der Waals surface area contributed by atoms with Gasteiger partial charge < -0.3 is 25.5 Å². The second-order valence-corrected chi connectivity index (χ2v) is 14.2. The maximum atomic E-state index is 14.0. The highest BCUT2D eigenvalue weighted by molar-refractivity contribution is 7.89. The van der Waals surface area contributed by atoms with Gasteiger partial charge in [0.25, 0.3) is 0 Å². The number of methoxy groups -OCH3 is 1. The number of sulfonamides is 1. The van der Waals surface area contributed by atoms with E-state index >= 15 is 0 Å². The Balaban J connectivity index is 0.00000417. The molecule has 260 valence electrons. The molecule has 0 bridgehead atoms. The first-order valence-electron chi connectivity index (χ1n) is 15.7. The number of hydrogen-bond donors (Lipinski definition) is 5. The molecular weight excluding hydrogens is 626 g/mol. The van der Waals surface area contributed by atoms with Crippen molar-refractivity contribution in [3.05, 3.63) is 54.1 Å². The van der Waals surface area contributed by atoms with Gasteiger partial charge in [0.15, 0.2) is 0 Å². The average Bonchev–Trinajstić information content (AvgIpc) is 3.69. The molecule has 2 aromatic carbocycles. The third-order valence-electron chi connectivity index (χ3n) is 7.88. The van der Waals surface area contributed by atoms with E-state index < -0.39 is 40.2 Å². The number of carbonyl (C=O) groups excluding carboxylic acids is 3. The Morgan fingerprint density at radius 3 is 2.43 bits per heavy atom. The number of nitrogens with zero attached hydrogens (tertiary/aromatic N) is 3. The van der Waals surface area contributed by atoms with Crippen LogP contribution in [-0.4, -0.2) is 109 Å². The summed E-state index contributed by atoms with van der Waals surface area (Å²) in [7, 11) is -2.93. The van der Waals surface area contributed by atoms with Crippen molar-refractivity contribution in [2.24, 2.45) is 5.92 Å². The van der Waals surface area contributed by atoms with Gasteiger partial charge in [0.1, 0.15) is 6.04 Å². The maximum absolute atomic E-state index is 14.0. The Morgan fingerprint density at radius 2 is 1.77 bits per heavy atom. The van der Waals surface area contributed by atoms with Gasteiger partial charge in [0.05, 0.1) is 41.7 Å². The van der Waals surface area contributed by atoms with Gasteiger partial charge in [0.2, 0.25) is 27.8 Å². The SMILES string of the molecule is COC(=O)Nc1nc2ccc(S(=O)(=O)N(CC(C)C)CC(O)[C@H](Cc3ccccc3)NC(=O)[C@H](C)NC(=O)CN3CCCC3)cc2[nH]1.[HH].[HH]. The van der Waals surface area contributed by atoms with E-state index in [-0.39, 0.29) is 51.6 Å². The van der Waals surface area contributed by atoms with E-state index in [1.165, 1.54) is 29.6 Å². The maximum Gasteiger partial charge on any atom is 0.413 e. The lowest BCUT2D eigenvalue weighted by Crippen LogP contribution is -2.55. The van der Waals surface area contributed by atoms with Gasteiger partial charge in [-0.3, -0.25) is 19.8 Å². The Kier molecular flexibility index (Phi) is 12.3. The first kappa shape index (κ1) is 35.8. The Hall–Kier alpha value is -4.05. The van der Waals surface area contributed by atoms with Crippen molar-refractivity contribution in [3.63, 3.8) is 0 Å². The highest BCUT2D eigenvalue weighted by atomic mass is 32.2. The van der Waals surface area contributed by atoms with Crippen molar-refractivity contribution >= 4 is 44.9 Å². The molecule has 4 rings (SSSR count). The molecular formula is C32H49N7O7S. The van der Waals surface area contributed by atoms with Gasteiger partial charge >= 0.3 is 6.09 Å². The number of likely N-dealkylation sites (tertiary alicyclic amines) is 1. The van der Waals surface area contributed by atoms with Crippen LogP contribution in [0.25, 0.3) is 11.0 Å². The van der Waals surface area contributed by atoms with Crippen LogP contribution in [0.15, 0.2) is 53.4 Å². The molecule has 1 aromatic heterocycles. The predicted molar refractivity (Wildman–Crippen MR) is 181 cm³/mol. The monoisotopic (exact) mass is 675 g/mol. The predicted octanol–water partition coefficient (Wildman–Crippen LogP) is 2.57. The lowest BCUT2D eigenvalue weighted by Gasteiger charge is -2.31. The van der Waals surface area contributed by atoms with Gasteiger partial charge in [-0.2, -0.15) is 4.31 Å². The van der Waals surface area contributed by atoms with E-state index in [2.05, 4.69) is 30.7 Å². The first-order valence-corrected chi connectivity index (χ1v) is 17.2. The number of aliphatic hydroxyl groups excluding tert-OH is 1. The largest absolute Gasteiger partial charge is 0.453 e. The van der Waals surface area contributed by atoms with Crippen LogP contribution in [0.2, 0.25) is 0 Å². The molecule has 14 nitrogen and oxygen atoms in total. The van der Waals surface area contributed by atoms with Crippen LogP contribution in [-0.2, 0) is 30.8 Å². The molecule has 0 saturated carbocycles. The number of fused-ring (bicyclic) bond motifs is 1. The van der Waals surface area contributed by atoms with Gasteiger partial charge in [-0.25, -0.2) is 18.2 Å². The summed E-state index contributed by atoms with van der Waals surface area (Å²) in [5, 5.41) is 19.6. The molecule has 2 heterocycles. The summed E-state index contributed by atoms with van der Waals surface area (Å²) in [6.07, 6.45) is 0.281. The van der Waals surface area contributed by atoms with Gasteiger partial charge in [-0.05, 0) is 69.0 Å². The van der Waals surface area contributed by atoms with E-state index in [4.69, 9.17) is 0 Å². The molecule has 1 aliphatic rings. The molecule has 1 fully saturated rings. The van der Waals surface area contributed by atoms with Crippen LogP contribution in [0, 0.1) is 5.92 Å². The lowest BCUT2D eigenvalue weighted by atomic mass is 10.0. The summed E-state index contributed by atoms with van der Waals surface area (Å²) in [5.41, 5.74) is 1.64. The molecule has 1 saturated heterocycles. The topological polar surface area (TPSA) is 186 Å². The molecule has 0 spiro atoms. The number of aliphatic hydroxyl groups is 1. The smallest absolute Gasteiger partial charge is 0.413 e. The van der Waals surface area contributed by atoms with Crippen molar-refractivity contribution < 1.29 is 35.5 Å². The fraction of sp³-hybridized carbons (Fsp3) is 0.500. The van der Waals surface area contributed by atoms with E-state index in [1.807, 2.05) is 49.1 Å². The Labute approximate surface area is 278 Å². The Bertz CT molecular complexity index is 1640. The quantitative estimate of drug-likeness (QED) is 0.161. The number of benzene rings is 2. The molecule has 0 radical (unpaired) electrons. The zero-order valence-electron chi connectivity index (χ0n) is 27.2. The number of anilines is 1. The minimum absolute atomic E-state index is 0. The normalized spacial score (nSPS) is 15.8. The number of ether oxygens (including phenoxy) is 1. The average molecular weight is 676 g/mol. The van der Waals surface area contributed by atoms with Crippen LogP contribution in [0.5, 0.6) is 0 Å². The van der Waals surface area contributed by atoms with Crippen molar-refractivity contribution in [1.29, 1.82) is 0 Å². The van der Waals surface area contributed by atoms with Crippen LogP contribution < -0.4 is 16.0 Å². The minimum Gasteiger partial charge on any atom is -0.453 e. The fourth-order valence-corrected chi connectivity index (χ4v) is 7.12. The van der Waals surface area contributed by atoms with Crippen molar-refractivity contribution in [3.8, 4) is 0 Å². The van der Waals surface area contributed by atoms with E-state index in [0.717, 1.165) is 31.5 Å². The molecule has 47 heavy (non-hydrogen) atoms. The fourth-order valence-electron chi connectivity index (χ4n) is 5.47. The second kappa shape index (κ2) is 16.2. The third-order valence-corrected chi connectivity index (χ3v) is 9.71. The summed E-state index contributed by atoms with van der Waals surface area (Å²) < 4.78 is 33.8. The number of H-pyrrole nitrogens is 1. The number of hydrogen-bond acceptors (Lipinski definition) is 9. The highest BCUT2D eigenvalue weighted by Crippen LogP contribution is 2.24. The summed E-state index contributed by atoms with van der Waals surface area (Å²) in [4.78, 5) is 46.6. The molecule has 0 aliphatic carbocycles. The second-order valence-electron chi connectivity index (χ2n) is 12.2. The van der Waals surface area contributed by atoms with Crippen molar-refractivity contribution in [1.82, 2.24) is 29.8 Å².